The zero-order chi connectivity index (χ0) is 20.1. The number of hydrogen-bond acceptors (Lipinski definition) is 4. The first kappa shape index (κ1) is 20.1. The number of hydrogen-bond donors (Lipinski definition) is 2. The second-order valence-electron chi connectivity index (χ2n) is 6.43. The topological polar surface area (TPSA) is 75.4 Å². The molecule has 7 heteroatoms. The third-order valence-corrected chi connectivity index (χ3v) is 4.95. The van der Waals surface area contributed by atoms with E-state index >= 15 is 0 Å². The average molecular weight is 447 g/mol. The summed E-state index contributed by atoms with van der Waals surface area (Å²) in [6.07, 6.45) is 1.38. The number of anilines is 1. The minimum absolute atomic E-state index is 0.249. The third kappa shape index (κ3) is 4.78. The average Bonchev–Trinajstić information content (AvgIpc) is 3.06. The molecule has 0 saturated heterocycles. The molecule has 0 fully saturated rings. The Balaban J connectivity index is 1.73. The number of oxazole rings is 1. The maximum absolute atomic E-state index is 13.1. The summed E-state index contributed by atoms with van der Waals surface area (Å²) in [5.74, 6) is -1.60. The first-order chi connectivity index (χ1) is 13.5. The van der Waals surface area contributed by atoms with E-state index in [0.717, 1.165) is 23.1 Å². The summed E-state index contributed by atoms with van der Waals surface area (Å²) < 4.78 is 19.1. The zero-order valence-corrected chi connectivity index (χ0v) is 16.9. The highest BCUT2D eigenvalue weighted by Crippen LogP contribution is 2.32. The van der Waals surface area contributed by atoms with Crippen LogP contribution in [0.15, 0.2) is 57.6 Å². The van der Waals surface area contributed by atoms with Gasteiger partial charge in [0.1, 0.15) is 11.5 Å². The fourth-order valence-corrected chi connectivity index (χ4v) is 3.36. The molecule has 28 heavy (non-hydrogen) atoms. The number of aromatic nitrogens is 1. The fraction of sp³-hybridized carbons (Fsp3) is 0.238. The number of halogens is 2. The van der Waals surface area contributed by atoms with Gasteiger partial charge >= 0.3 is 5.97 Å². The lowest BCUT2D eigenvalue weighted by Crippen LogP contribution is -2.22. The number of carboxylic acids is 1. The van der Waals surface area contributed by atoms with Crippen molar-refractivity contribution in [2.45, 2.75) is 19.8 Å². The van der Waals surface area contributed by atoms with Crippen molar-refractivity contribution in [2.75, 3.05) is 11.9 Å². The van der Waals surface area contributed by atoms with Gasteiger partial charge in [0.05, 0.1) is 5.92 Å². The van der Waals surface area contributed by atoms with Gasteiger partial charge in [0, 0.05) is 12.1 Å². The van der Waals surface area contributed by atoms with Gasteiger partial charge in [-0.3, -0.25) is 4.79 Å². The molecule has 3 aromatic rings. The van der Waals surface area contributed by atoms with E-state index in [1.54, 1.807) is 12.1 Å². The Kier molecular flexibility index (Phi) is 6.46. The van der Waals surface area contributed by atoms with Crippen LogP contribution in [0.4, 0.5) is 10.4 Å². The molecule has 0 spiro atoms. The minimum Gasteiger partial charge on any atom is -0.481 e. The first-order valence-electron chi connectivity index (χ1n) is 8.97. The van der Waals surface area contributed by atoms with Crippen LogP contribution in [0.1, 0.15) is 19.8 Å². The first-order valence-corrected chi connectivity index (χ1v) is 9.76. The lowest BCUT2D eigenvalue weighted by Gasteiger charge is -2.10. The number of nitrogens with zero attached hydrogens (tertiary/aromatic N) is 1. The SMILES string of the molecule is CCCC(CNc1nc(-c2ccc(-c3ccc(F)cc3)cc2)c(Br)o1)C(=O)O. The van der Waals surface area contributed by atoms with Crippen molar-refractivity contribution in [3.05, 3.63) is 59.0 Å². The minimum atomic E-state index is -0.837. The van der Waals surface area contributed by atoms with E-state index in [0.29, 0.717) is 16.8 Å². The molecule has 1 aromatic heterocycles. The highest BCUT2D eigenvalue weighted by molar-refractivity contribution is 9.10. The Morgan fingerprint density at radius 1 is 1.14 bits per heavy atom. The maximum Gasteiger partial charge on any atom is 0.308 e. The Labute approximate surface area is 170 Å². The van der Waals surface area contributed by atoms with Crippen molar-refractivity contribution in [3.8, 4) is 22.4 Å². The smallest absolute Gasteiger partial charge is 0.308 e. The van der Waals surface area contributed by atoms with Gasteiger partial charge in [0.25, 0.3) is 6.01 Å². The molecule has 0 saturated carbocycles. The maximum atomic E-state index is 13.1. The summed E-state index contributed by atoms with van der Waals surface area (Å²) in [6.45, 7) is 2.20. The number of carbonyl (C=O) groups is 1. The zero-order valence-electron chi connectivity index (χ0n) is 15.3. The second-order valence-corrected chi connectivity index (χ2v) is 7.15. The van der Waals surface area contributed by atoms with E-state index < -0.39 is 11.9 Å². The van der Waals surface area contributed by atoms with Gasteiger partial charge in [-0.1, -0.05) is 49.7 Å². The molecule has 146 valence electrons. The standard InChI is InChI=1S/C21H20BrFN2O3/c1-2-3-16(20(26)27)12-24-21-25-18(19(22)28-21)15-6-4-13(5-7-15)14-8-10-17(23)11-9-14/h4-11,16H,2-3,12H2,1H3,(H,24,25)(H,26,27). The van der Waals surface area contributed by atoms with Crippen molar-refractivity contribution in [1.29, 1.82) is 0 Å². The van der Waals surface area contributed by atoms with Gasteiger partial charge in [0.15, 0.2) is 4.67 Å². The van der Waals surface area contributed by atoms with Gasteiger partial charge in [0.2, 0.25) is 0 Å². The van der Waals surface area contributed by atoms with Crippen LogP contribution < -0.4 is 5.32 Å². The van der Waals surface area contributed by atoms with Crippen LogP contribution in [0.2, 0.25) is 0 Å². The Morgan fingerprint density at radius 2 is 1.71 bits per heavy atom. The van der Waals surface area contributed by atoms with Crippen molar-refractivity contribution in [1.82, 2.24) is 4.98 Å². The van der Waals surface area contributed by atoms with E-state index in [4.69, 9.17) is 4.42 Å². The van der Waals surface area contributed by atoms with Gasteiger partial charge < -0.3 is 14.8 Å². The predicted octanol–water partition coefficient (Wildman–Crippen LogP) is 5.82. The van der Waals surface area contributed by atoms with Crippen LogP contribution in [0, 0.1) is 11.7 Å². The molecular formula is C21H20BrFN2O3. The molecule has 1 atom stereocenters. The van der Waals surface area contributed by atoms with Crippen molar-refractivity contribution in [2.24, 2.45) is 5.92 Å². The monoisotopic (exact) mass is 446 g/mol. The molecule has 3 rings (SSSR count). The molecule has 0 radical (unpaired) electrons. The van der Waals surface area contributed by atoms with Crippen molar-refractivity contribution < 1.29 is 18.7 Å². The molecule has 2 N–H and O–H groups in total. The quantitative estimate of drug-likeness (QED) is 0.455. The number of benzene rings is 2. The Bertz CT molecular complexity index is 939. The van der Waals surface area contributed by atoms with Crippen LogP contribution in [0.25, 0.3) is 22.4 Å². The van der Waals surface area contributed by atoms with E-state index in [-0.39, 0.29) is 18.4 Å². The van der Waals surface area contributed by atoms with Crippen molar-refractivity contribution in [3.63, 3.8) is 0 Å². The van der Waals surface area contributed by atoms with Crippen LogP contribution in [0.5, 0.6) is 0 Å². The molecule has 0 aliphatic rings. The Hall–Kier alpha value is -2.67. The lowest BCUT2D eigenvalue weighted by molar-refractivity contribution is -0.141. The lowest BCUT2D eigenvalue weighted by atomic mass is 10.0. The normalized spacial score (nSPS) is 12.0. The van der Waals surface area contributed by atoms with Gasteiger partial charge in [-0.05, 0) is 45.6 Å². The molecule has 0 amide bonds. The third-order valence-electron chi connectivity index (χ3n) is 4.41. The van der Waals surface area contributed by atoms with Crippen LogP contribution in [-0.2, 0) is 4.79 Å². The summed E-state index contributed by atoms with van der Waals surface area (Å²) in [6, 6.07) is 14.3. The summed E-state index contributed by atoms with van der Waals surface area (Å²) in [5, 5.41) is 12.2. The van der Waals surface area contributed by atoms with Crippen LogP contribution >= 0.6 is 15.9 Å². The van der Waals surface area contributed by atoms with Gasteiger partial charge in [-0.2, -0.15) is 4.98 Å². The predicted molar refractivity (Wildman–Crippen MR) is 110 cm³/mol. The number of rotatable bonds is 8. The Morgan fingerprint density at radius 3 is 2.29 bits per heavy atom. The summed E-state index contributed by atoms with van der Waals surface area (Å²) >= 11 is 3.36. The number of aliphatic carboxylic acids is 1. The number of nitrogens with one attached hydrogen (secondary N) is 1. The molecule has 0 aliphatic carbocycles. The van der Waals surface area contributed by atoms with E-state index in [2.05, 4.69) is 26.2 Å². The van der Waals surface area contributed by atoms with E-state index in [9.17, 15) is 14.3 Å². The fourth-order valence-electron chi connectivity index (χ4n) is 2.89. The molecule has 2 aromatic carbocycles. The largest absolute Gasteiger partial charge is 0.481 e. The van der Waals surface area contributed by atoms with Crippen LogP contribution in [0.3, 0.4) is 0 Å². The summed E-state index contributed by atoms with van der Waals surface area (Å²) in [5.41, 5.74) is 3.35. The van der Waals surface area contributed by atoms with Crippen molar-refractivity contribution >= 4 is 27.9 Å². The molecule has 5 nitrogen and oxygen atoms in total. The molecule has 0 aliphatic heterocycles. The highest BCUT2D eigenvalue weighted by atomic mass is 79.9. The van der Waals surface area contributed by atoms with E-state index in [1.807, 2.05) is 31.2 Å². The van der Waals surface area contributed by atoms with Gasteiger partial charge in [-0.25, -0.2) is 4.39 Å². The van der Waals surface area contributed by atoms with Gasteiger partial charge in [-0.15, -0.1) is 0 Å². The second kappa shape index (κ2) is 9.01. The summed E-state index contributed by atoms with van der Waals surface area (Å²) in [4.78, 5) is 15.7. The van der Waals surface area contributed by atoms with Crippen LogP contribution in [-0.4, -0.2) is 22.6 Å². The molecular weight excluding hydrogens is 427 g/mol. The molecule has 1 unspecified atom stereocenters. The molecule has 1 heterocycles. The highest BCUT2D eigenvalue weighted by Gasteiger charge is 2.18. The summed E-state index contributed by atoms with van der Waals surface area (Å²) in [7, 11) is 0. The number of carboxylic acid groups (broad SMARTS) is 1. The van der Waals surface area contributed by atoms with E-state index in [1.165, 1.54) is 12.1 Å². The molecule has 0 bridgehead atoms.